The predicted molar refractivity (Wildman–Crippen MR) is 53.8 cm³/mol. The van der Waals surface area contributed by atoms with Crippen molar-refractivity contribution < 1.29 is 4.74 Å². The van der Waals surface area contributed by atoms with Crippen LogP contribution in [0.15, 0.2) is 18.3 Å². The van der Waals surface area contributed by atoms with Crippen LogP contribution in [0.5, 0.6) is 5.75 Å². The average Bonchev–Trinajstić information content (AvgIpc) is 2.76. The number of aryl methyl sites for hydroxylation is 2. The minimum absolute atomic E-state index is 0.863. The second kappa shape index (κ2) is 2.74. The zero-order valence-corrected chi connectivity index (χ0v) is 8.16. The number of pyridine rings is 1. The van der Waals surface area contributed by atoms with Crippen LogP contribution < -0.4 is 4.74 Å². The Labute approximate surface area is 82.3 Å². The van der Waals surface area contributed by atoms with Gasteiger partial charge in [0.05, 0.1) is 12.8 Å². The van der Waals surface area contributed by atoms with Gasteiger partial charge in [-0.2, -0.15) is 0 Å². The standard InChI is InChI=1S/C11H12N2O/c1-14-10-6-3-7-13-9-5-2-4-8(9)12-11(10)13/h3,6-7H,2,4-5H2,1H3. The Kier molecular flexibility index (Phi) is 1.54. The van der Waals surface area contributed by atoms with Crippen LogP contribution >= 0.6 is 0 Å². The van der Waals surface area contributed by atoms with E-state index in [2.05, 4.69) is 15.6 Å². The van der Waals surface area contributed by atoms with Crippen molar-refractivity contribution in [2.45, 2.75) is 19.3 Å². The first kappa shape index (κ1) is 7.85. The molecule has 0 saturated heterocycles. The van der Waals surface area contributed by atoms with E-state index in [9.17, 15) is 0 Å². The quantitative estimate of drug-likeness (QED) is 0.682. The highest BCUT2D eigenvalue weighted by Gasteiger charge is 2.18. The van der Waals surface area contributed by atoms with Crippen molar-refractivity contribution in [1.82, 2.24) is 9.38 Å². The van der Waals surface area contributed by atoms with Crippen LogP contribution in [0.3, 0.4) is 0 Å². The molecule has 14 heavy (non-hydrogen) atoms. The van der Waals surface area contributed by atoms with Gasteiger partial charge in [0.1, 0.15) is 0 Å². The molecule has 3 nitrogen and oxygen atoms in total. The fourth-order valence-electron chi connectivity index (χ4n) is 2.19. The van der Waals surface area contributed by atoms with E-state index in [0.717, 1.165) is 24.2 Å². The lowest BCUT2D eigenvalue weighted by atomic mass is 10.3. The summed E-state index contributed by atoms with van der Waals surface area (Å²) in [5.74, 6) is 0.863. The molecule has 0 radical (unpaired) electrons. The van der Waals surface area contributed by atoms with Gasteiger partial charge in [-0.05, 0) is 31.4 Å². The Morgan fingerprint density at radius 3 is 3.21 bits per heavy atom. The normalized spacial score (nSPS) is 14.6. The van der Waals surface area contributed by atoms with Crippen molar-refractivity contribution in [3.05, 3.63) is 29.7 Å². The molecule has 0 bridgehead atoms. The molecule has 0 spiro atoms. The second-order valence-corrected chi connectivity index (χ2v) is 3.63. The van der Waals surface area contributed by atoms with Gasteiger partial charge in [0.15, 0.2) is 11.4 Å². The average molecular weight is 188 g/mol. The Bertz CT molecular complexity index is 487. The summed E-state index contributed by atoms with van der Waals surface area (Å²) in [6, 6.07) is 3.96. The maximum atomic E-state index is 5.28. The van der Waals surface area contributed by atoms with Gasteiger partial charge in [-0.25, -0.2) is 4.98 Å². The highest BCUT2D eigenvalue weighted by Crippen LogP contribution is 2.27. The molecule has 2 aromatic rings. The molecule has 3 heteroatoms. The summed E-state index contributed by atoms with van der Waals surface area (Å²) >= 11 is 0. The van der Waals surface area contributed by atoms with Crippen LogP contribution in [0.2, 0.25) is 0 Å². The summed E-state index contributed by atoms with van der Waals surface area (Å²) < 4.78 is 7.43. The molecule has 0 amide bonds. The van der Waals surface area contributed by atoms with Crippen LogP contribution in [0.25, 0.3) is 5.65 Å². The molecular weight excluding hydrogens is 176 g/mol. The molecule has 0 N–H and O–H groups in total. The third-order valence-corrected chi connectivity index (χ3v) is 2.84. The van der Waals surface area contributed by atoms with E-state index in [4.69, 9.17) is 4.74 Å². The molecule has 0 saturated carbocycles. The minimum atomic E-state index is 0.863. The Morgan fingerprint density at radius 2 is 2.36 bits per heavy atom. The molecule has 0 atom stereocenters. The lowest BCUT2D eigenvalue weighted by molar-refractivity contribution is 0.416. The van der Waals surface area contributed by atoms with Gasteiger partial charge in [-0.1, -0.05) is 0 Å². The molecule has 1 aliphatic rings. The Morgan fingerprint density at radius 1 is 1.43 bits per heavy atom. The Hall–Kier alpha value is -1.51. The van der Waals surface area contributed by atoms with Crippen LogP contribution in [0.4, 0.5) is 0 Å². The number of nitrogens with zero attached hydrogens (tertiary/aromatic N) is 2. The molecule has 0 aliphatic heterocycles. The largest absolute Gasteiger partial charge is 0.493 e. The van der Waals surface area contributed by atoms with Crippen LogP contribution in [0.1, 0.15) is 17.8 Å². The van der Waals surface area contributed by atoms with E-state index in [1.807, 2.05) is 12.1 Å². The summed E-state index contributed by atoms with van der Waals surface area (Å²) in [6.45, 7) is 0. The summed E-state index contributed by atoms with van der Waals surface area (Å²) in [5, 5.41) is 0. The predicted octanol–water partition coefficient (Wildman–Crippen LogP) is 1.83. The lowest BCUT2D eigenvalue weighted by Crippen LogP contribution is -1.93. The second-order valence-electron chi connectivity index (χ2n) is 3.63. The highest BCUT2D eigenvalue weighted by molar-refractivity contribution is 5.56. The van der Waals surface area contributed by atoms with Crippen LogP contribution in [-0.4, -0.2) is 16.5 Å². The van der Waals surface area contributed by atoms with E-state index in [-0.39, 0.29) is 0 Å². The first-order chi connectivity index (χ1) is 6.90. The number of hydrogen-bond donors (Lipinski definition) is 0. The number of methoxy groups -OCH3 is 1. The molecular formula is C11H12N2O. The van der Waals surface area contributed by atoms with Gasteiger partial charge >= 0.3 is 0 Å². The number of hydrogen-bond acceptors (Lipinski definition) is 2. The van der Waals surface area contributed by atoms with Crippen molar-refractivity contribution >= 4 is 5.65 Å². The van der Waals surface area contributed by atoms with Crippen molar-refractivity contribution in [1.29, 1.82) is 0 Å². The molecule has 3 rings (SSSR count). The fraction of sp³-hybridized carbons (Fsp3) is 0.364. The van der Waals surface area contributed by atoms with E-state index >= 15 is 0 Å². The van der Waals surface area contributed by atoms with Gasteiger partial charge in [-0.15, -0.1) is 0 Å². The van der Waals surface area contributed by atoms with Crippen molar-refractivity contribution in [2.24, 2.45) is 0 Å². The van der Waals surface area contributed by atoms with Crippen LogP contribution in [0, 0.1) is 0 Å². The molecule has 0 fully saturated rings. The van der Waals surface area contributed by atoms with Crippen molar-refractivity contribution in [3.8, 4) is 5.75 Å². The van der Waals surface area contributed by atoms with Gasteiger partial charge in [0.2, 0.25) is 0 Å². The SMILES string of the molecule is COc1cccn2c3c(nc12)CCC3. The van der Waals surface area contributed by atoms with Crippen molar-refractivity contribution in [2.75, 3.05) is 7.11 Å². The number of imidazole rings is 1. The molecule has 2 aromatic heterocycles. The first-order valence-corrected chi connectivity index (χ1v) is 4.93. The van der Waals surface area contributed by atoms with Gasteiger partial charge in [0, 0.05) is 11.9 Å². The van der Waals surface area contributed by atoms with Gasteiger partial charge < -0.3 is 9.14 Å². The zero-order valence-electron chi connectivity index (χ0n) is 8.16. The highest BCUT2D eigenvalue weighted by atomic mass is 16.5. The van der Waals surface area contributed by atoms with Gasteiger partial charge in [-0.3, -0.25) is 0 Å². The molecule has 1 aliphatic carbocycles. The first-order valence-electron chi connectivity index (χ1n) is 4.93. The van der Waals surface area contributed by atoms with Gasteiger partial charge in [0.25, 0.3) is 0 Å². The maximum Gasteiger partial charge on any atom is 0.180 e. The topological polar surface area (TPSA) is 26.5 Å². The summed E-state index contributed by atoms with van der Waals surface area (Å²) in [4.78, 5) is 4.60. The van der Waals surface area contributed by atoms with E-state index in [0.29, 0.717) is 0 Å². The van der Waals surface area contributed by atoms with Crippen LogP contribution in [-0.2, 0) is 12.8 Å². The lowest BCUT2D eigenvalue weighted by Gasteiger charge is -2.02. The third-order valence-electron chi connectivity index (χ3n) is 2.84. The maximum absolute atomic E-state index is 5.28. The molecule has 2 heterocycles. The Balaban J connectivity index is 2.36. The van der Waals surface area contributed by atoms with E-state index in [1.165, 1.54) is 17.8 Å². The van der Waals surface area contributed by atoms with E-state index in [1.54, 1.807) is 7.11 Å². The van der Waals surface area contributed by atoms with Crippen molar-refractivity contribution in [3.63, 3.8) is 0 Å². The third kappa shape index (κ3) is 0.895. The number of fused-ring (bicyclic) bond motifs is 3. The monoisotopic (exact) mass is 188 g/mol. The summed E-state index contributed by atoms with van der Waals surface area (Å²) in [5.41, 5.74) is 3.56. The number of rotatable bonds is 1. The number of ether oxygens (including phenoxy) is 1. The summed E-state index contributed by atoms with van der Waals surface area (Å²) in [7, 11) is 1.69. The number of aromatic nitrogens is 2. The molecule has 72 valence electrons. The zero-order chi connectivity index (χ0) is 9.54. The fourth-order valence-corrected chi connectivity index (χ4v) is 2.19. The molecule has 0 aromatic carbocycles. The van der Waals surface area contributed by atoms with E-state index < -0.39 is 0 Å². The smallest absolute Gasteiger partial charge is 0.180 e. The minimum Gasteiger partial charge on any atom is -0.493 e. The molecule has 0 unspecified atom stereocenters. The summed E-state index contributed by atoms with van der Waals surface area (Å²) in [6.07, 6.45) is 5.55.